The van der Waals surface area contributed by atoms with Gasteiger partial charge in [-0.15, -0.1) is 40.1 Å². The predicted octanol–water partition coefficient (Wildman–Crippen LogP) is 30.3. The zero-order valence-electron chi connectivity index (χ0n) is 82.9. The van der Waals surface area contributed by atoms with Crippen molar-refractivity contribution < 1.29 is 106 Å². The van der Waals surface area contributed by atoms with E-state index in [9.17, 15) is 47.1 Å². The SMILES string of the molecule is CCCc1sc(C(=O)OC)nc1Cc1ccc(-c2ccccc2C(=O)OC(C)(C)C)cc1F.CC[CH2][Sn]([CH2]CC)([CH2]CC)[CH2]CC.COC(=O)c1cc(Br)cs1.COC(=O)c1nc(Cc2ccc(-c3ccccc3C(=O)OC(C)(C)C)cc2)cs1.COC(=O)c1nc(Cc2ccc(-c3ccccc3C(=O)OC(C)(C)C)cc2F)c(Br)s1.[CH2-]c1ccc(-c2ccccc2C(=O)OC(C)(C)C)cc1F.[Zn+][Br]. The number of nitrogens with zero attached hydrogens (tertiary/aromatic N) is 3. The maximum atomic E-state index is 15.1. The van der Waals surface area contributed by atoms with Gasteiger partial charge in [0, 0.05) is 45.2 Å². The summed E-state index contributed by atoms with van der Waals surface area (Å²) >= 11 is 14.4. The fraction of sp³-hybridized carbons (Fsp3) is 0.352. The minimum absolute atomic E-state index is 0.202. The first-order valence-electron chi connectivity index (χ1n) is 45.2. The molecular formula is C108H123Br3F3N3O16S4SnZn. The summed E-state index contributed by atoms with van der Waals surface area (Å²) in [6.07, 6.45) is 8.54. The standard InChI is InChI=1S/C26H28FNO4S.C23H21BrFNO4S.C23H23NO4S.C18H18FO2.C6H5BrO2S.4C3H7.BrH.Sn.Zn/c1-6-9-22-21(28-23(33-22)25(30)31-5)15-17-13-12-16(14-20(17)27)18-10-7-8-11-19(18)24(29)32-26(2,3)4;1-23(2,3)30-21(27)16-8-6-5-7-15(16)13-9-10-14(17(25)11-13)12-18-19(24)31-20(26-18)22(28)29-4;1-23(2,3)28-21(25)19-8-6-5-7-18(19)16-11-9-15(10-12-16)13-17-14-29-20(24-17)22(26)27-4;1-12-9-10-13(11-16(12)19)14-7-5-6-8-15(14)17(20)21-18(2,3)4;1-9-6(8)5-2-4(7)3-10-5;4*1-3-2;;;/h7-8,10-14H,6,9,15H2,1-5H3;5-11H,12H2,1-4H3;5-12,14H,13H2,1-4H3;5-11H,1H2,2-4H3;2-3H,1H3;4*1,3H2,2H3;1H;;/q;;;-1;;;;;;;;+2/p-1. The minimum atomic E-state index is -1.56. The molecular weight excluding hydrogens is 2200 g/mol. The fourth-order valence-electron chi connectivity index (χ4n) is 14.5. The van der Waals surface area contributed by atoms with Crippen LogP contribution >= 0.6 is 90.8 Å². The van der Waals surface area contributed by atoms with Crippen molar-refractivity contribution in [2.75, 3.05) is 28.4 Å². The second-order valence-electron chi connectivity index (χ2n) is 36.0. The number of carbonyl (C=O) groups excluding carboxylic acids is 8. The van der Waals surface area contributed by atoms with Crippen molar-refractivity contribution in [3.8, 4) is 44.5 Å². The average molecular weight is 2330 g/mol. The van der Waals surface area contributed by atoms with Crippen molar-refractivity contribution in [1.82, 2.24) is 15.0 Å². The molecule has 0 amide bonds. The van der Waals surface area contributed by atoms with Crippen molar-refractivity contribution in [3.63, 3.8) is 0 Å². The molecule has 31 heteroatoms. The van der Waals surface area contributed by atoms with Gasteiger partial charge in [0.1, 0.15) is 38.9 Å². The molecule has 19 nitrogen and oxygen atoms in total. The van der Waals surface area contributed by atoms with Crippen LogP contribution in [0.1, 0.15) is 275 Å². The van der Waals surface area contributed by atoms with Crippen LogP contribution in [0.3, 0.4) is 0 Å². The van der Waals surface area contributed by atoms with Crippen LogP contribution in [0.2, 0.25) is 17.7 Å². The molecule has 4 heterocycles. The number of thiophene rings is 1. The normalized spacial score (nSPS) is 11.1. The van der Waals surface area contributed by atoms with Crippen LogP contribution in [0.4, 0.5) is 13.2 Å². The van der Waals surface area contributed by atoms with Crippen LogP contribution < -0.4 is 0 Å². The van der Waals surface area contributed by atoms with Crippen molar-refractivity contribution in [1.29, 1.82) is 0 Å². The number of carbonyl (C=O) groups is 8. The van der Waals surface area contributed by atoms with Gasteiger partial charge in [0.25, 0.3) is 0 Å². The van der Waals surface area contributed by atoms with Gasteiger partial charge in [-0.1, -0.05) is 152 Å². The molecule has 0 saturated carbocycles. The van der Waals surface area contributed by atoms with E-state index in [1.165, 1.54) is 123 Å². The van der Waals surface area contributed by atoms with Crippen LogP contribution in [-0.2, 0) is 79.9 Å². The molecule has 0 fully saturated rings. The first-order chi connectivity index (χ1) is 65.7. The second-order valence-corrected chi connectivity index (χ2v) is 56.3. The number of hydrogen-bond donors (Lipinski definition) is 0. The first kappa shape index (κ1) is 118. The van der Waals surface area contributed by atoms with Gasteiger partial charge in [0.15, 0.2) is 0 Å². The molecule has 0 saturated heterocycles. The second kappa shape index (κ2) is 57.1. The summed E-state index contributed by atoms with van der Waals surface area (Å²) in [6, 6.07) is 52.5. The zero-order valence-corrected chi connectivity index (χ0v) is 96.7. The Bertz CT molecular complexity index is 6060. The van der Waals surface area contributed by atoms with E-state index in [1.54, 1.807) is 181 Å². The Labute approximate surface area is 869 Å². The molecule has 12 rings (SSSR count). The van der Waals surface area contributed by atoms with Crippen LogP contribution in [0.5, 0.6) is 0 Å². The Balaban J connectivity index is 0.000000264. The van der Waals surface area contributed by atoms with Gasteiger partial charge in [-0.3, -0.25) is 4.39 Å². The summed E-state index contributed by atoms with van der Waals surface area (Å²) in [7, 11) is 5.31. The average Bonchev–Trinajstić information content (AvgIpc) is 1.70. The Morgan fingerprint density at radius 3 is 1.08 bits per heavy atom. The van der Waals surface area contributed by atoms with Gasteiger partial charge in [0.2, 0.25) is 15.0 Å². The van der Waals surface area contributed by atoms with Gasteiger partial charge in [-0.05, 0) is 225 Å². The third kappa shape index (κ3) is 38.1. The van der Waals surface area contributed by atoms with E-state index >= 15 is 4.39 Å². The van der Waals surface area contributed by atoms with E-state index < -0.39 is 94.0 Å². The number of hydrogen-bond acceptors (Lipinski definition) is 23. The van der Waals surface area contributed by atoms with Gasteiger partial charge < -0.3 is 37.9 Å². The number of ether oxygens (including phenoxy) is 8. The van der Waals surface area contributed by atoms with Gasteiger partial charge in [0.05, 0.1) is 71.6 Å². The van der Waals surface area contributed by atoms with Crippen LogP contribution in [0.15, 0.2) is 201 Å². The van der Waals surface area contributed by atoms with E-state index in [-0.39, 0.29) is 34.8 Å². The molecule has 0 unspecified atom stereocenters. The molecule has 4 aromatic heterocycles. The molecule has 0 N–H and O–H groups in total. The van der Waals surface area contributed by atoms with Crippen molar-refractivity contribution in [2.24, 2.45) is 0 Å². The first-order valence-corrected chi connectivity index (χ1v) is 65.2. The monoisotopic (exact) mass is 2320 g/mol. The third-order valence-electron chi connectivity index (χ3n) is 20.3. The molecule has 0 bridgehead atoms. The molecule has 139 heavy (non-hydrogen) atoms. The van der Waals surface area contributed by atoms with E-state index in [1.807, 2.05) is 102 Å². The molecule has 0 radical (unpaired) electrons. The topological polar surface area (TPSA) is 249 Å². The molecule has 0 atom stereocenters. The number of methoxy groups -OCH3 is 4. The van der Waals surface area contributed by atoms with Gasteiger partial charge in [-0.2, -0.15) is 18.6 Å². The molecule has 0 aliphatic heterocycles. The zero-order chi connectivity index (χ0) is 103. The van der Waals surface area contributed by atoms with Crippen molar-refractivity contribution >= 4 is 157 Å². The van der Waals surface area contributed by atoms with Crippen LogP contribution in [-0.4, -0.2) is 132 Å². The summed E-state index contributed by atoms with van der Waals surface area (Å²) < 4.78 is 92.5. The van der Waals surface area contributed by atoms with E-state index in [0.717, 1.165) is 55.9 Å². The number of aryl methyl sites for hydroxylation is 1. The van der Waals surface area contributed by atoms with Gasteiger partial charge in [-0.25, -0.2) is 62.1 Å². The van der Waals surface area contributed by atoms with Crippen LogP contribution in [0, 0.1) is 24.4 Å². The molecule has 0 aliphatic carbocycles. The molecule has 12 aromatic rings. The van der Waals surface area contributed by atoms with E-state index in [2.05, 4.69) is 105 Å². The Kier molecular flexibility index (Phi) is 48.6. The fourth-order valence-corrected chi connectivity index (χ4v) is 35.5. The van der Waals surface area contributed by atoms with Crippen LogP contribution in [0.25, 0.3) is 44.5 Å². The van der Waals surface area contributed by atoms with Crippen molar-refractivity contribution in [3.05, 3.63) is 312 Å². The Hall–Kier alpha value is -9.37. The number of halogens is 6. The molecule has 738 valence electrons. The van der Waals surface area contributed by atoms with Crippen molar-refractivity contribution in [2.45, 2.75) is 216 Å². The Morgan fingerprint density at radius 2 is 0.727 bits per heavy atom. The van der Waals surface area contributed by atoms with E-state index in [0.29, 0.717) is 104 Å². The number of rotatable bonds is 28. The number of benzene rings is 8. The summed E-state index contributed by atoms with van der Waals surface area (Å²) in [5.74, 6) is -4.63. The Morgan fingerprint density at radius 1 is 0.381 bits per heavy atom. The van der Waals surface area contributed by atoms with Gasteiger partial charge >= 0.3 is 167 Å². The molecule has 0 aliphatic rings. The predicted molar refractivity (Wildman–Crippen MR) is 561 cm³/mol. The summed E-state index contributed by atoms with van der Waals surface area (Å²) in [5, 5.41) is 4.53. The third-order valence-corrected chi connectivity index (χ3v) is 43.6. The quantitative estimate of drug-likeness (QED) is 0.0191. The molecule has 0 spiro atoms. The maximum absolute atomic E-state index is 15.1. The summed E-state index contributed by atoms with van der Waals surface area (Å²) in [6.45, 7) is 37.0. The summed E-state index contributed by atoms with van der Waals surface area (Å²) in [5.41, 5.74) is 9.00. The molecule has 8 aromatic carbocycles. The number of thiazole rings is 3. The number of esters is 8. The van der Waals surface area contributed by atoms with E-state index in [4.69, 9.17) is 28.4 Å². The summed E-state index contributed by atoms with van der Waals surface area (Å²) in [4.78, 5) is 111. The number of aromatic nitrogens is 3.